The summed E-state index contributed by atoms with van der Waals surface area (Å²) in [5.74, 6) is 0.358. The van der Waals surface area contributed by atoms with E-state index in [1.54, 1.807) is 48.6 Å². The van der Waals surface area contributed by atoms with E-state index in [4.69, 9.17) is 19.0 Å². The molecule has 1 aromatic heterocycles. The van der Waals surface area contributed by atoms with Crippen LogP contribution < -0.4 is 9.47 Å². The zero-order valence-electron chi connectivity index (χ0n) is 19.7. The maximum atomic E-state index is 11.1. The number of oxazole rings is 1. The molecule has 4 rings (SSSR count). The largest absolute Gasteiger partial charge is 0.490 e. The van der Waals surface area contributed by atoms with Crippen LogP contribution in [-0.4, -0.2) is 22.7 Å². The molecule has 0 aliphatic heterocycles. The van der Waals surface area contributed by atoms with E-state index in [-0.39, 0.29) is 23.6 Å². The van der Waals surface area contributed by atoms with Crippen molar-refractivity contribution in [1.29, 1.82) is 5.26 Å². The predicted octanol–water partition coefficient (Wildman–Crippen LogP) is 6.30. The molecule has 1 N–H and O–H groups in total. The third-order valence-corrected chi connectivity index (χ3v) is 5.36. The van der Waals surface area contributed by atoms with Gasteiger partial charge in [-0.3, -0.25) is 0 Å². The van der Waals surface area contributed by atoms with Gasteiger partial charge >= 0.3 is 5.97 Å². The van der Waals surface area contributed by atoms with E-state index in [1.807, 2.05) is 31.2 Å². The second-order valence-corrected chi connectivity index (χ2v) is 7.88. The van der Waals surface area contributed by atoms with Gasteiger partial charge in [-0.1, -0.05) is 30.3 Å². The summed E-state index contributed by atoms with van der Waals surface area (Å²) >= 11 is 0. The van der Waals surface area contributed by atoms with Gasteiger partial charge in [0.2, 0.25) is 5.89 Å². The fourth-order valence-electron chi connectivity index (χ4n) is 3.70. The lowest BCUT2D eigenvalue weighted by molar-refractivity contribution is 0.0697. The number of carbonyl (C=O) groups is 1. The number of hydrogen-bond donors (Lipinski definition) is 1. The number of hydrogen-bond acceptors (Lipinski definition) is 6. The molecule has 0 radical (unpaired) electrons. The quantitative estimate of drug-likeness (QED) is 0.210. The molecule has 0 aliphatic carbocycles. The number of para-hydroxylation sites is 2. The van der Waals surface area contributed by atoms with E-state index >= 15 is 0 Å². The number of ether oxygens (including phenoxy) is 2. The standard InChI is InChI=1S/C29H24N2O5/c1-3-7-22-14-20(15-23(17-30)28-31-24-8-5-6-9-25(24)36-28)16-26(34-4-2)27(22)35-18-19-10-12-21(13-11-19)29(32)33/h3,5-6,8-16H,1,4,7,18H2,2H3,(H,32,33)/b23-15+. The van der Waals surface area contributed by atoms with Gasteiger partial charge in [0.05, 0.1) is 12.2 Å². The molecule has 4 aromatic rings. The van der Waals surface area contributed by atoms with E-state index < -0.39 is 5.97 Å². The molecule has 1 heterocycles. The molecule has 180 valence electrons. The summed E-state index contributed by atoms with van der Waals surface area (Å²) in [5.41, 5.74) is 4.16. The number of benzene rings is 3. The highest BCUT2D eigenvalue weighted by Crippen LogP contribution is 2.36. The maximum Gasteiger partial charge on any atom is 0.335 e. The summed E-state index contributed by atoms with van der Waals surface area (Å²) in [7, 11) is 0. The molecule has 0 atom stereocenters. The summed E-state index contributed by atoms with van der Waals surface area (Å²) in [4.78, 5) is 15.5. The Morgan fingerprint density at radius 3 is 2.61 bits per heavy atom. The van der Waals surface area contributed by atoms with Crippen molar-refractivity contribution in [3.05, 3.63) is 101 Å². The van der Waals surface area contributed by atoms with Crippen LogP contribution >= 0.6 is 0 Å². The van der Waals surface area contributed by atoms with Crippen molar-refractivity contribution in [2.24, 2.45) is 0 Å². The Morgan fingerprint density at radius 2 is 1.94 bits per heavy atom. The van der Waals surface area contributed by atoms with Gasteiger partial charge < -0.3 is 19.0 Å². The summed E-state index contributed by atoms with van der Waals surface area (Å²) in [6.07, 6.45) is 3.98. The monoisotopic (exact) mass is 480 g/mol. The molecule has 0 bridgehead atoms. The highest BCUT2D eigenvalue weighted by atomic mass is 16.5. The molecule has 3 aromatic carbocycles. The lowest BCUT2D eigenvalue weighted by Gasteiger charge is -2.17. The van der Waals surface area contributed by atoms with Gasteiger partial charge in [-0.15, -0.1) is 6.58 Å². The van der Waals surface area contributed by atoms with Gasteiger partial charge in [-0.2, -0.15) is 5.26 Å². The molecule has 0 aliphatic rings. The Bertz CT molecular complexity index is 1440. The van der Waals surface area contributed by atoms with Crippen LogP contribution in [0.25, 0.3) is 22.7 Å². The third kappa shape index (κ3) is 5.45. The fraction of sp³-hybridized carbons (Fsp3) is 0.138. The second kappa shape index (κ2) is 11.1. The number of aromatic carboxylic acids is 1. The average Bonchev–Trinajstić information content (AvgIpc) is 3.31. The van der Waals surface area contributed by atoms with Crippen LogP contribution in [0.4, 0.5) is 0 Å². The fourth-order valence-corrected chi connectivity index (χ4v) is 3.70. The summed E-state index contributed by atoms with van der Waals surface area (Å²) in [6, 6.07) is 19.7. The highest BCUT2D eigenvalue weighted by Gasteiger charge is 2.16. The van der Waals surface area contributed by atoms with Crippen molar-refractivity contribution in [2.45, 2.75) is 20.0 Å². The predicted molar refractivity (Wildman–Crippen MR) is 137 cm³/mol. The van der Waals surface area contributed by atoms with Crippen molar-refractivity contribution >= 4 is 28.7 Å². The molecule has 0 spiro atoms. The molecule has 0 amide bonds. The van der Waals surface area contributed by atoms with Crippen LogP contribution in [0.1, 0.15) is 39.9 Å². The number of carboxylic acids is 1. The van der Waals surface area contributed by atoms with Crippen LogP contribution in [0.15, 0.2) is 77.7 Å². The van der Waals surface area contributed by atoms with Crippen LogP contribution in [0.2, 0.25) is 0 Å². The first kappa shape index (κ1) is 24.3. The molecule has 36 heavy (non-hydrogen) atoms. The minimum Gasteiger partial charge on any atom is -0.490 e. The van der Waals surface area contributed by atoms with Crippen LogP contribution in [0.3, 0.4) is 0 Å². The van der Waals surface area contributed by atoms with E-state index in [0.717, 1.165) is 16.7 Å². The first-order valence-electron chi connectivity index (χ1n) is 11.4. The number of carboxylic acid groups (broad SMARTS) is 1. The van der Waals surface area contributed by atoms with Crippen LogP contribution in [0.5, 0.6) is 11.5 Å². The molecule has 0 unspecified atom stereocenters. The molecule has 0 saturated carbocycles. The lowest BCUT2D eigenvalue weighted by atomic mass is 10.0. The number of aromatic nitrogens is 1. The van der Waals surface area contributed by atoms with Gasteiger partial charge in [0, 0.05) is 5.56 Å². The lowest BCUT2D eigenvalue weighted by Crippen LogP contribution is -2.04. The van der Waals surface area contributed by atoms with Crippen LogP contribution in [0, 0.1) is 11.3 Å². The van der Waals surface area contributed by atoms with E-state index in [9.17, 15) is 10.1 Å². The summed E-state index contributed by atoms with van der Waals surface area (Å²) in [6.45, 7) is 6.37. The SMILES string of the molecule is C=CCc1cc(/C=C(\C#N)c2nc3ccccc3o2)cc(OCC)c1OCc1ccc(C(=O)O)cc1. The van der Waals surface area contributed by atoms with E-state index in [2.05, 4.69) is 17.6 Å². The van der Waals surface area contributed by atoms with Gasteiger partial charge in [-0.05, 0) is 66.9 Å². The summed E-state index contributed by atoms with van der Waals surface area (Å²) in [5, 5.41) is 18.9. The van der Waals surface area contributed by atoms with Crippen molar-refractivity contribution in [3.8, 4) is 17.6 Å². The first-order chi connectivity index (χ1) is 17.5. The topological polar surface area (TPSA) is 106 Å². The minimum absolute atomic E-state index is 0.212. The van der Waals surface area contributed by atoms with Crippen molar-refractivity contribution in [3.63, 3.8) is 0 Å². The zero-order chi connectivity index (χ0) is 25.5. The van der Waals surface area contributed by atoms with Crippen molar-refractivity contribution in [1.82, 2.24) is 4.98 Å². The molecular weight excluding hydrogens is 456 g/mol. The Hall–Kier alpha value is -4.83. The highest BCUT2D eigenvalue weighted by molar-refractivity contribution is 5.89. The maximum absolute atomic E-state index is 11.1. The Kier molecular flexibility index (Phi) is 7.47. The second-order valence-electron chi connectivity index (χ2n) is 7.88. The number of nitriles is 1. The summed E-state index contributed by atoms with van der Waals surface area (Å²) < 4.78 is 17.8. The number of allylic oxidation sites excluding steroid dienone is 2. The normalized spacial score (nSPS) is 11.2. The molecular formula is C29H24N2O5. The van der Waals surface area contributed by atoms with Gasteiger partial charge in [0.15, 0.2) is 17.1 Å². The van der Waals surface area contributed by atoms with Gasteiger partial charge in [-0.25, -0.2) is 9.78 Å². The van der Waals surface area contributed by atoms with E-state index in [1.165, 1.54) is 0 Å². The van der Waals surface area contributed by atoms with Gasteiger partial charge in [0.1, 0.15) is 23.8 Å². The third-order valence-electron chi connectivity index (χ3n) is 5.36. The minimum atomic E-state index is -0.979. The van der Waals surface area contributed by atoms with Crippen molar-refractivity contribution < 1.29 is 23.8 Å². The molecule has 7 nitrogen and oxygen atoms in total. The first-order valence-corrected chi connectivity index (χ1v) is 11.4. The van der Waals surface area contributed by atoms with Crippen molar-refractivity contribution in [2.75, 3.05) is 6.61 Å². The van der Waals surface area contributed by atoms with Crippen LogP contribution in [-0.2, 0) is 13.0 Å². The smallest absolute Gasteiger partial charge is 0.335 e. The number of fused-ring (bicyclic) bond motifs is 1. The number of nitrogens with zero attached hydrogens (tertiary/aromatic N) is 2. The molecule has 0 saturated heterocycles. The number of rotatable bonds is 10. The van der Waals surface area contributed by atoms with Gasteiger partial charge in [0.25, 0.3) is 0 Å². The molecule has 7 heteroatoms. The Balaban J connectivity index is 1.68. The Morgan fingerprint density at radius 1 is 1.17 bits per heavy atom. The zero-order valence-corrected chi connectivity index (χ0v) is 19.7. The molecule has 0 fully saturated rings. The average molecular weight is 481 g/mol. The van der Waals surface area contributed by atoms with E-state index in [0.29, 0.717) is 35.6 Å². The Labute approximate surface area is 208 Å².